The molecule has 0 bridgehead atoms. The summed E-state index contributed by atoms with van der Waals surface area (Å²) in [6, 6.07) is 14.3. The number of nitrogens with zero attached hydrogens (tertiary/aromatic N) is 3. The van der Waals surface area contributed by atoms with Gasteiger partial charge in [0.1, 0.15) is 5.69 Å². The van der Waals surface area contributed by atoms with E-state index in [1.165, 1.54) is 5.39 Å². The fraction of sp³-hybridized carbons (Fsp3) is 0. The minimum atomic E-state index is 0.791. The first kappa shape index (κ1) is 8.91. The number of fused-ring (bicyclic) bond motifs is 1. The van der Waals surface area contributed by atoms with Crippen molar-refractivity contribution in [1.29, 1.82) is 0 Å². The summed E-state index contributed by atoms with van der Waals surface area (Å²) in [6.45, 7) is 0. The summed E-state index contributed by atoms with van der Waals surface area (Å²) in [5.41, 5.74) is 1.84. The molecular weight excluding hydrogens is 200 g/mol. The van der Waals surface area contributed by atoms with Crippen LogP contribution in [-0.4, -0.2) is 15.1 Å². The van der Waals surface area contributed by atoms with Crippen molar-refractivity contribution in [1.82, 2.24) is 15.1 Å². The third-order valence-electron chi connectivity index (χ3n) is 2.57. The molecule has 0 aliphatic carbocycles. The van der Waals surface area contributed by atoms with Gasteiger partial charge in [0.2, 0.25) is 0 Å². The van der Waals surface area contributed by atoms with Gasteiger partial charge in [0.25, 0.3) is 0 Å². The number of hydrogen-bond acceptors (Lipinski definition) is 3. The Bertz CT molecular complexity index is 637. The van der Waals surface area contributed by atoms with Gasteiger partial charge in [0.05, 0.1) is 6.20 Å². The molecular formula is C12H10N4. The predicted octanol–water partition coefficient (Wildman–Crippen LogP) is 1.81. The van der Waals surface area contributed by atoms with Gasteiger partial charge in [0, 0.05) is 5.56 Å². The van der Waals surface area contributed by atoms with E-state index in [0.29, 0.717) is 0 Å². The molecule has 2 aromatic carbocycles. The van der Waals surface area contributed by atoms with Crippen molar-refractivity contribution in [3.8, 4) is 11.3 Å². The third kappa shape index (κ3) is 1.32. The van der Waals surface area contributed by atoms with Crippen molar-refractivity contribution in [2.75, 3.05) is 5.84 Å². The van der Waals surface area contributed by atoms with Gasteiger partial charge in [-0.15, -0.1) is 10.2 Å². The van der Waals surface area contributed by atoms with Crippen molar-refractivity contribution in [2.45, 2.75) is 0 Å². The zero-order valence-electron chi connectivity index (χ0n) is 8.54. The molecule has 0 amide bonds. The highest BCUT2D eigenvalue weighted by Crippen LogP contribution is 2.26. The summed E-state index contributed by atoms with van der Waals surface area (Å²) in [5, 5.41) is 10.3. The smallest absolute Gasteiger partial charge is 0.115 e. The molecule has 0 saturated heterocycles. The monoisotopic (exact) mass is 210 g/mol. The average Bonchev–Trinajstić information content (AvgIpc) is 2.75. The highest BCUT2D eigenvalue weighted by Gasteiger charge is 2.06. The maximum absolute atomic E-state index is 5.45. The standard InChI is InChI=1S/C12H10N4/c13-16-14-8-12(15-16)11-7-3-5-9-4-1-2-6-10(9)11/h1-8H,13H2. The maximum Gasteiger partial charge on any atom is 0.115 e. The average molecular weight is 210 g/mol. The molecule has 1 heterocycles. The van der Waals surface area contributed by atoms with Crippen LogP contribution in [0.4, 0.5) is 0 Å². The van der Waals surface area contributed by atoms with Crippen molar-refractivity contribution in [2.24, 2.45) is 0 Å². The van der Waals surface area contributed by atoms with Crippen LogP contribution in [0.3, 0.4) is 0 Å². The van der Waals surface area contributed by atoms with E-state index in [0.717, 1.165) is 21.5 Å². The largest absolute Gasteiger partial charge is 0.306 e. The first-order valence-corrected chi connectivity index (χ1v) is 5.00. The Hall–Kier alpha value is -2.36. The fourth-order valence-corrected chi connectivity index (χ4v) is 1.85. The van der Waals surface area contributed by atoms with Crippen LogP contribution < -0.4 is 5.84 Å². The molecule has 0 aliphatic heterocycles. The lowest BCUT2D eigenvalue weighted by atomic mass is 10.0. The molecule has 16 heavy (non-hydrogen) atoms. The molecule has 3 aromatic rings. The van der Waals surface area contributed by atoms with E-state index in [9.17, 15) is 0 Å². The first-order valence-electron chi connectivity index (χ1n) is 5.00. The quantitative estimate of drug-likeness (QED) is 0.623. The number of benzene rings is 2. The molecule has 0 radical (unpaired) electrons. The number of hydrogen-bond donors (Lipinski definition) is 1. The van der Waals surface area contributed by atoms with E-state index >= 15 is 0 Å². The molecule has 0 unspecified atom stereocenters. The van der Waals surface area contributed by atoms with E-state index in [1.807, 2.05) is 24.3 Å². The van der Waals surface area contributed by atoms with Crippen LogP contribution in [0.5, 0.6) is 0 Å². The summed E-state index contributed by atoms with van der Waals surface area (Å²) < 4.78 is 0. The van der Waals surface area contributed by atoms with Crippen LogP contribution in [0.25, 0.3) is 22.0 Å². The van der Waals surface area contributed by atoms with Crippen LogP contribution >= 0.6 is 0 Å². The van der Waals surface area contributed by atoms with Crippen LogP contribution in [-0.2, 0) is 0 Å². The van der Waals surface area contributed by atoms with E-state index in [2.05, 4.69) is 28.4 Å². The zero-order valence-corrected chi connectivity index (χ0v) is 8.54. The van der Waals surface area contributed by atoms with Gasteiger partial charge in [-0.2, -0.15) is 0 Å². The molecule has 4 nitrogen and oxygen atoms in total. The summed E-state index contributed by atoms with van der Waals surface area (Å²) in [4.78, 5) is 1.08. The normalized spacial score (nSPS) is 10.8. The second-order valence-corrected chi connectivity index (χ2v) is 3.58. The third-order valence-corrected chi connectivity index (χ3v) is 2.57. The molecule has 0 aliphatic rings. The fourth-order valence-electron chi connectivity index (χ4n) is 1.85. The topological polar surface area (TPSA) is 56.7 Å². The van der Waals surface area contributed by atoms with Crippen molar-refractivity contribution >= 4 is 10.8 Å². The second-order valence-electron chi connectivity index (χ2n) is 3.58. The van der Waals surface area contributed by atoms with Gasteiger partial charge < -0.3 is 5.84 Å². The summed E-state index contributed by atoms with van der Waals surface area (Å²) >= 11 is 0. The Morgan fingerprint density at radius 3 is 2.62 bits per heavy atom. The SMILES string of the molecule is Nn1ncc(-c2cccc3ccccc23)n1. The van der Waals surface area contributed by atoms with Crippen LogP contribution in [0, 0.1) is 0 Å². The van der Waals surface area contributed by atoms with Crippen molar-refractivity contribution in [3.63, 3.8) is 0 Å². The Labute approximate surface area is 92.3 Å². The van der Waals surface area contributed by atoms with Crippen molar-refractivity contribution < 1.29 is 0 Å². The first-order chi connectivity index (χ1) is 7.84. The van der Waals surface area contributed by atoms with Crippen LogP contribution in [0.2, 0.25) is 0 Å². The van der Waals surface area contributed by atoms with Crippen LogP contribution in [0.1, 0.15) is 0 Å². The zero-order chi connectivity index (χ0) is 11.0. The Morgan fingerprint density at radius 1 is 1.00 bits per heavy atom. The number of rotatable bonds is 1. The minimum absolute atomic E-state index is 0.791. The van der Waals surface area contributed by atoms with Gasteiger partial charge in [-0.1, -0.05) is 47.4 Å². The highest BCUT2D eigenvalue weighted by molar-refractivity contribution is 5.95. The lowest BCUT2D eigenvalue weighted by Gasteiger charge is -2.02. The molecule has 4 heteroatoms. The summed E-state index contributed by atoms with van der Waals surface area (Å²) in [5.74, 6) is 5.45. The molecule has 0 saturated carbocycles. The summed E-state index contributed by atoms with van der Waals surface area (Å²) in [6.07, 6.45) is 1.67. The lowest BCUT2D eigenvalue weighted by Crippen LogP contribution is -2.11. The number of nitrogen functional groups attached to an aromatic ring is 1. The number of aromatic nitrogens is 3. The molecule has 78 valence electrons. The van der Waals surface area contributed by atoms with Crippen molar-refractivity contribution in [3.05, 3.63) is 48.7 Å². The van der Waals surface area contributed by atoms with E-state index < -0.39 is 0 Å². The number of nitrogens with two attached hydrogens (primary N) is 1. The Morgan fingerprint density at radius 2 is 1.81 bits per heavy atom. The van der Waals surface area contributed by atoms with Crippen LogP contribution in [0.15, 0.2) is 48.7 Å². The van der Waals surface area contributed by atoms with Gasteiger partial charge in [0.15, 0.2) is 0 Å². The Kier molecular flexibility index (Phi) is 1.86. The minimum Gasteiger partial charge on any atom is -0.306 e. The molecule has 0 spiro atoms. The van der Waals surface area contributed by atoms with Gasteiger partial charge in [-0.25, -0.2) is 0 Å². The van der Waals surface area contributed by atoms with E-state index in [1.54, 1.807) is 6.20 Å². The molecule has 0 atom stereocenters. The molecule has 0 fully saturated rings. The maximum atomic E-state index is 5.45. The lowest BCUT2D eigenvalue weighted by molar-refractivity contribution is 0.709. The van der Waals surface area contributed by atoms with Gasteiger partial charge >= 0.3 is 0 Å². The van der Waals surface area contributed by atoms with E-state index in [-0.39, 0.29) is 0 Å². The highest BCUT2D eigenvalue weighted by atomic mass is 15.6. The van der Waals surface area contributed by atoms with Gasteiger partial charge in [-0.3, -0.25) is 0 Å². The van der Waals surface area contributed by atoms with E-state index in [4.69, 9.17) is 5.84 Å². The predicted molar refractivity (Wildman–Crippen MR) is 63.1 cm³/mol. The summed E-state index contributed by atoms with van der Waals surface area (Å²) in [7, 11) is 0. The molecule has 3 rings (SSSR count). The van der Waals surface area contributed by atoms with Gasteiger partial charge in [-0.05, 0) is 10.8 Å². The molecule has 1 aromatic heterocycles. The second kappa shape index (κ2) is 3.34. The molecule has 2 N–H and O–H groups in total. The Balaban J connectivity index is 2.31.